The summed E-state index contributed by atoms with van der Waals surface area (Å²) >= 11 is 0. The Kier molecular flexibility index (Phi) is 2.30. The number of aliphatic hydroxyl groups excluding tert-OH is 1. The number of oxime groups is 1. The highest BCUT2D eigenvalue weighted by Crippen LogP contribution is 2.47. The quantitative estimate of drug-likeness (QED) is 0.240. The predicted octanol–water partition coefficient (Wildman–Crippen LogP) is -0.894. The summed E-state index contributed by atoms with van der Waals surface area (Å²) in [6.45, 7) is 0.916. The Labute approximate surface area is 87.3 Å². The van der Waals surface area contributed by atoms with E-state index in [9.17, 15) is 9.90 Å². The van der Waals surface area contributed by atoms with Crippen LogP contribution in [0.15, 0.2) is 5.16 Å². The van der Waals surface area contributed by atoms with Gasteiger partial charge in [-0.2, -0.15) is 0 Å². The van der Waals surface area contributed by atoms with E-state index in [4.69, 9.17) is 10.9 Å². The largest absolute Gasteiger partial charge is 0.409 e. The summed E-state index contributed by atoms with van der Waals surface area (Å²) in [4.78, 5) is 13.6. The third-order valence-corrected chi connectivity index (χ3v) is 3.21. The zero-order valence-electron chi connectivity index (χ0n) is 8.39. The van der Waals surface area contributed by atoms with Gasteiger partial charge < -0.3 is 20.9 Å². The van der Waals surface area contributed by atoms with E-state index in [0.717, 1.165) is 0 Å². The van der Waals surface area contributed by atoms with Gasteiger partial charge in [-0.3, -0.25) is 4.79 Å². The molecule has 1 aliphatic heterocycles. The van der Waals surface area contributed by atoms with Gasteiger partial charge in [0, 0.05) is 13.1 Å². The molecule has 1 aliphatic carbocycles. The van der Waals surface area contributed by atoms with Crippen LogP contribution in [-0.4, -0.2) is 46.1 Å². The highest BCUT2D eigenvalue weighted by atomic mass is 16.4. The standard InChI is InChI=1S/C9H15N3O3/c10-7(11-15)9(2-3-9)8(14)12-4-1-6(13)5-12/h6,13,15H,1-5H2,(H2,10,11). The van der Waals surface area contributed by atoms with Gasteiger partial charge in [-0.1, -0.05) is 5.16 Å². The first-order chi connectivity index (χ1) is 7.10. The molecule has 0 aromatic rings. The van der Waals surface area contributed by atoms with Gasteiger partial charge >= 0.3 is 0 Å². The van der Waals surface area contributed by atoms with Crippen molar-refractivity contribution in [2.45, 2.75) is 25.4 Å². The van der Waals surface area contributed by atoms with Gasteiger partial charge in [0.1, 0.15) is 5.41 Å². The van der Waals surface area contributed by atoms with E-state index < -0.39 is 11.5 Å². The Bertz CT molecular complexity index is 312. The highest BCUT2D eigenvalue weighted by molar-refractivity contribution is 6.09. The van der Waals surface area contributed by atoms with Crippen LogP contribution in [-0.2, 0) is 4.79 Å². The Morgan fingerprint density at radius 1 is 1.53 bits per heavy atom. The fourth-order valence-electron chi connectivity index (χ4n) is 2.03. The lowest BCUT2D eigenvalue weighted by Crippen LogP contribution is -2.42. The van der Waals surface area contributed by atoms with Gasteiger partial charge in [-0.05, 0) is 19.3 Å². The van der Waals surface area contributed by atoms with E-state index in [1.54, 1.807) is 4.90 Å². The second-order valence-electron chi connectivity index (χ2n) is 4.26. The summed E-state index contributed by atoms with van der Waals surface area (Å²) in [6.07, 6.45) is 1.44. The normalized spacial score (nSPS) is 29.3. The van der Waals surface area contributed by atoms with Crippen molar-refractivity contribution in [2.24, 2.45) is 16.3 Å². The second kappa shape index (κ2) is 3.37. The maximum Gasteiger partial charge on any atom is 0.236 e. The van der Waals surface area contributed by atoms with E-state index in [2.05, 4.69) is 5.16 Å². The van der Waals surface area contributed by atoms with Gasteiger partial charge in [0.05, 0.1) is 6.10 Å². The van der Waals surface area contributed by atoms with Gasteiger partial charge in [-0.25, -0.2) is 0 Å². The molecule has 15 heavy (non-hydrogen) atoms. The molecule has 0 aromatic carbocycles. The van der Waals surface area contributed by atoms with Crippen LogP contribution in [0.25, 0.3) is 0 Å². The summed E-state index contributed by atoms with van der Waals surface area (Å²) < 4.78 is 0. The Morgan fingerprint density at radius 3 is 2.60 bits per heavy atom. The first-order valence-electron chi connectivity index (χ1n) is 5.05. The van der Waals surface area contributed by atoms with Crippen LogP contribution < -0.4 is 5.73 Å². The van der Waals surface area contributed by atoms with Crippen LogP contribution in [0.4, 0.5) is 0 Å². The molecule has 1 amide bonds. The molecule has 0 spiro atoms. The fraction of sp³-hybridized carbons (Fsp3) is 0.778. The van der Waals surface area contributed by atoms with Crippen molar-refractivity contribution in [1.29, 1.82) is 0 Å². The molecule has 1 atom stereocenters. The van der Waals surface area contributed by atoms with E-state index >= 15 is 0 Å². The number of hydrogen-bond donors (Lipinski definition) is 3. The molecule has 6 heteroatoms. The van der Waals surface area contributed by atoms with Crippen molar-refractivity contribution in [3.8, 4) is 0 Å². The van der Waals surface area contributed by atoms with Crippen LogP contribution in [0.5, 0.6) is 0 Å². The van der Waals surface area contributed by atoms with Crippen LogP contribution in [0, 0.1) is 5.41 Å². The van der Waals surface area contributed by atoms with Crippen molar-refractivity contribution >= 4 is 11.7 Å². The molecule has 84 valence electrons. The smallest absolute Gasteiger partial charge is 0.236 e. The monoisotopic (exact) mass is 213 g/mol. The predicted molar refractivity (Wildman–Crippen MR) is 52.3 cm³/mol. The van der Waals surface area contributed by atoms with E-state index in [0.29, 0.717) is 32.4 Å². The molecule has 1 unspecified atom stereocenters. The first kappa shape index (κ1) is 10.2. The van der Waals surface area contributed by atoms with E-state index in [1.165, 1.54) is 0 Å². The fourth-order valence-corrected chi connectivity index (χ4v) is 2.03. The number of hydrogen-bond acceptors (Lipinski definition) is 4. The molecule has 0 bridgehead atoms. The highest BCUT2D eigenvalue weighted by Gasteiger charge is 2.56. The average Bonchev–Trinajstić information content (AvgIpc) is 2.94. The summed E-state index contributed by atoms with van der Waals surface area (Å²) in [5.74, 6) is -0.122. The molecule has 2 aliphatic rings. The molecule has 1 saturated carbocycles. The van der Waals surface area contributed by atoms with Crippen molar-refractivity contribution in [2.75, 3.05) is 13.1 Å². The van der Waals surface area contributed by atoms with Gasteiger partial charge in [-0.15, -0.1) is 0 Å². The maximum atomic E-state index is 12.0. The van der Waals surface area contributed by atoms with Crippen molar-refractivity contribution in [3.63, 3.8) is 0 Å². The number of rotatable bonds is 2. The number of amidine groups is 1. The maximum absolute atomic E-state index is 12.0. The van der Waals surface area contributed by atoms with Crippen LogP contribution in [0.1, 0.15) is 19.3 Å². The zero-order chi connectivity index (χ0) is 11.1. The zero-order valence-corrected chi connectivity index (χ0v) is 8.39. The van der Waals surface area contributed by atoms with Crippen molar-refractivity contribution in [1.82, 2.24) is 4.90 Å². The Morgan fingerprint density at radius 2 is 2.20 bits per heavy atom. The molecule has 4 N–H and O–H groups in total. The molecule has 1 heterocycles. The average molecular weight is 213 g/mol. The lowest BCUT2D eigenvalue weighted by molar-refractivity contribution is -0.133. The van der Waals surface area contributed by atoms with Crippen molar-refractivity contribution in [3.05, 3.63) is 0 Å². The lowest BCUT2D eigenvalue weighted by Gasteiger charge is -2.21. The molecule has 2 rings (SSSR count). The number of carbonyl (C=O) groups excluding carboxylic acids is 1. The van der Waals surface area contributed by atoms with Crippen LogP contribution >= 0.6 is 0 Å². The van der Waals surface area contributed by atoms with Crippen molar-refractivity contribution < 1.29 is 15.1 Å². The van der Waals surface area contributed by atoms with E-state index in [1.807, 2.05) is 0 Å². The number of nitrogens with zero attached hydrogens (tertiary/aromatic N) is 2. The molecular formula is C9H15N3O3. The van der Waals surface area contributed by atoms with Gasteiger partial charge in [0.2, 0.25) is 5.91 Å². The minimum atomic E-state index is -0.779. The number of amides is 1. The molecular weight excluding hydrogens is 198 g/mol. The van der Waals surface area contributed by atoms with E-state index in [-0.39, 0.29) is 11.7 Å². The number of β-amino-alcohol motifs (C(OH)–C–C–N with tert-alkyl or cyclic N) is 1. The second-order valence-corrected chi connectivity index (χ2v) is 4.26. The molecule has 0 aromatic heterocycles. The number of nitrogens with two attached hydrogens (primary N) is 1. The molecule has 6 nitrogen and oxygen atoms in total. The third kappa shape index (κ3) is 1.54. The Balaban J connectivity index is 2.08. The molecule has 0 radical (unpaired) electrons. The first-order valence-corrected chi connectivity index (χ1v) is 5.05. The summed E-state index contributed by atoms with van der Waals surface area (Å²) in [6, 6.07) is 0. The topological polar surface area (TPSA) is 99.2 Å². The number of carbonyl (C=O) groups is 1. The third-order valence-electron chi connectivity index (χ3n) is 3.21. The van der Waals surface area contributed by atoms with Crippen LogP contribution in [0.3, 0.4) is 0 Å². The minimum Gasteiger partial charge on any atom is -0.409 e. The minimum absolute atomic E-state index is 0.00566. The van der Waals surface area contributed by atoms with Gasteiger partial charge in [0.15, 0.2) is 5.84 Å². The molecule has 2 fully saturated rings. The SMILES string of the molecule is NC(=NO)C1(C(=O)N2CCC(O)C2)CC1. The van der Waals surface area contributed by atoms with Crippen LogP contribution in [0.2, 0.25) is 0 Å². The summed E-state index contributed by atoms with van der Waals surface area (Å²) in [7, 11) is 0. The molecule has 1 saturated heterocycles. The summed E-state index contributed by atoms with van der Waals surface area (Å²) in [5, 5.41) is 20.8. The number of aliphatic hydroxyl groups is 1. The van der Waals surface area contributed by atoms with Gasteiger partial charge in [0.25, 0.3) is 0 Å². The Hall–Kier alpha value is -1.30. The number of likely N-dealkylation sites (tertiary alicyclic amines) is 1. The summed E-state index contributed by atoms with van der Waals surface area (Å²) in [5.41, 5.74) is 4.73. The lowest BCUT2D eigenvalue weighted by atomic mass is 10.0.